The number of rotatable bonds is 3. The van der Waals surface area contributed by atoms with Crippen LogP contribution >= 0.6 is 0 Å². The van der Waals surface area contributed by atoms with Gasteiger partial charge in [0, 0.05) is 56.7 Å². The van der Waals surface area contributed by atoms with Gasteiger partial charge in [0.15, 0.2) is 0 Å². The van der Waals surface area contributed by atoms with E-state index in [2.05, 4.69) is 59.7 Å². The molecule has 0 spiro atoms. The lowest BCUT2D eigenvalue weighted by Crippen LogP contribution is -2.47. The van der Waals surface area contributed by atoms with Crippen LogP contribution in [0.3, 0.4) is 0 Å². The monoisotopic (exact) mass is 379 g/mol. The summed E-state index contributed by atoms with van der Waals surface area (Å²) in [4.78, 5) is 17.1. The van der Waals surface area contributed by atoms with Gasteiger partial charge in [-0.2, -0.15) is 4.98 Å². The first-order valence-electron chi connectivity index (χ1n) is 10.8. The Bertz CT molecular complexity index is 803. The zero-order chi connectivity index (χ0) is 19.5. The third kappa shape index (κ3) is 4.08. The third-order valence-corrected chi connectivity index (χ3v) is 6.24. The molecule has 2 saturated heterocycles. The van der Waals surface area contributed by atoms with Gasteiger partial charge in [-0.15, -0.1) is 0 Å². The van der Waals surface area contributed by atoms with Crippen LogP contribution in [0.25, 0.3) is 0 Å². The van der Waals surface area contributed by atoms with Crippen molar-refractivity contribution in [3.05, 3.63) is 41.1 Å². The first kappa shape index (κ1) is 19.0. The number of hydrogen-bond acceptors (Lipinski definition) is 5. The Balaban J connectivity index is 1.47. The fourth-order valence-corrected chi connectivity index (χ4v) is 4.37. The number of aryl methyl sites for hydroxylation is 2. The van der Waals surface area contributed by atoms with Crippen molar-refractivity contribution in [3.63, 3.8) is 0 Å². The topological polar surface area (TPSA) is 35.5 Å². The summed E-state index contributed by atoms with van der Waals surface area (Å²) in [6.45, 7) is 12.8. The molecule has 0 N–H and O–H groups in total. The maximum Gasteiger partial charge on any atom is 0.227 e. The summed E-state index contributed by atoms with van der Waals surface area (Å²) in [6, 6.07) is 8.77. The minimum atomic E-state index is 0.925. The van der Waals surface area contributed by atoms with Gasteiger partial charge in [0.2, 0.25) is 5.95 Å². The molecule has 4 rings (SSSR count). The molecule has 2 aliphatic rings. The normalized spacial score (nSPS) is 18.3. The largest absolute Gasteiger partial charge is 0.368 e. The molecule has 5 heteroatoms. The van der Waals surface area contributed by atoms with Crippen LogP contribution < -0.4 is 14.7 Å². The lowest BCUT2D eigenvalue weighted by Gasteiger charge is -2.38. The van der Waals surface area contributed by atoms with Crippen molar-refractivity contribution >= 4 is 17.5 Å². The zero-order valence-corrected chi connectivity index (χ0v) is 17.6. The van der Waals surface area contributed by atoms with E-state index in [4.69, 9.17) is 9.97 Å². The Hall–Kier alpha value is -2.30. The molecule has 2 aromatic rings. The van der Waals surface area contributed by atoms with Crippen LogP contribution in [0.5, 0.6) is 0 Å². The molecular formula is C23H33N5. The van der Waals surface area contributed by atoms with E-state index in [1.165, 1.54) is 42.5 Å². The van der Waals surface area contributed by atoms with Crippen LogP contribution in [-0.2, 0) is 0 Å². The van der Waals surface area contributed by atoms with Gasteiger partial charge in [-0.3, -0.25) is 0 Å². The van der Waals surface area contributed by atoms with E-state index in [0.29, 0.717) is 0 Å². The van der Waals surface area contributed by atoms with Gasteiger partial charge in [0.1, 0.15) is 5.82 Å². The highest BCUT2D eigenvalue weighted by molar-refractivity contribution is 5.57. The molecule has 0 aliphatic carbocycles. The quantitative estimate of drug-likeness (QED) is 0.802. The molecule has 2 aliphatic heterocycles. The van der Waals surface area contributed by atoms with Crippen molar-refractivity contribution < 1.29 is 0 Å². The lowest BCUT2D eigenvalue weighted by molar-refractivity contribution is 0.643. The minimum Gasteiger partial charge on any atom is -0.368 e. The predicted molar refractivity (Wildman–Crippen MR) is 118 cm³/mol. The molecule has 0 amide bonds. The summed E-state index contributed by atoms with van der Waals surface area (Å²) in [5.74, 6) is 2.02. The van der Waals surface area contributed by atoms with Crippen molar-refractivity contribution in [1.82, 2.24) is 9.97 Å². The Morgan fingerprint density at radius 3 is 2.11 bits per heavy atom. The molecular weight excluding hydrogens is 346 g/mol. The minimum absolute atomic E-state index is 0.925. The van der Waals surface area contributed by atoms with Gasteiger partial charge in [-0.25, -0.2) is 4.98 Å². The maximum absolute atomic E-state index is 4.97. The summed E-state index contributed by atoms with van der Waals surface area (Å²) in [7, 11) is 0. The van der Waals surface area contributed by atoms with Crippen LogP contribution in [0.2, 0.25) is 0 Å². The number of benzene rings is 1. The maximum atomic E-state index is 4.97. The van der Waals surface area contributed by atoms with E-state index in [-0.39, 0.29) is 0 Å². The average Bonchev–Trinajstić information content (AvgIpc) is 2.99. The number of piperazine rings is 1. The smallest absolute Gasteiger partial charge is 0.227 e. The first-order valence-corrected chi connectivity index (χ1v) is 10.8. The van der Waals surface area contributed by atoms with Crippen LogP contribution in [0.1, 0.15) is 42.5 Å². The molecule has 28 heavy (non-hydrogen) atoms. The zero-order valence-electron chi connectivity index (χ0n) is 17.6. The van der Waals surface area contributed by atoms with Crippen molar-refractivity contribution in [2.45, 2.75) is 46.5 Å². The van der Waals surface area contributed by atoms with Crippen molar-refractivity contribution in [2.24, 2.45) is 0 Å². The van der Waals surface area contributed by atoms with Gasteiger partial charge in [0.25, 0.3) is 0 Å². The SMILES string of the molecule is Cc1cc(N2CCN(c3cccc(C)c3C)CC2)nc(N2CCCCCC2)n1. The van der Waals surface area contributed by atoms with Crippen LogP contribution in [-0.4, -0.2) is 49.2 Å². The molecule has 5 nitrogen and oxygen atoms in total. The standard InChI is InChI=1S/C23H33N5/c1-18-9-8-10-21(20(18)3)26-13-15-27(16-14-26)22-17-19(2)24-23(25-22)28-11-6-4-5-7-12-28/h8-10,17H,4-7,11-16H2,1-3H3. The Kier molecular flexibility index (Phi) is 5.69. The second-order valence-electron chi connectivity index (χ2n) is 8.26. The van der Waals surface area contributed by atoms with E-state index in [1.807, 2.05) is 0 Å². The molecule has 1 aromatic carbocycles. The molecule has 3 heterocycles. The summed E-state index contributed by atoms with van der Waals surface area (Å²) in [5.41, 5.74) is 5.22. The lowest BCUT2D eigenvalue weighted by atomic mass is 10.1. The molecule has 150 valence electrons. The van der Waals surface area contributed by atoms with E-state index in [9.17, 15) is 0 Å². The predicted octanol–water partition coefficient (Wildman–Crippen LogP) is 4.11. The fraction of sp³-hybridized carbons (Fsp3) is 0.565. The Labute approximate surface area is 169 Å². The average molecular weight is 380 g/mol. The highest BCUT2D eigenvalue weighted by atomic mass is 15.3. The second kappa shape index (κ2) is 8.38. The number of hydrogen-bond donors (Lipinski definition) is 0. The second-order valence-corrected chi connectivity index (χ2v) is 8.26. The van der Waals surface area contributed by atoms with Gasteiger partial charge >= 0.3 is 0 Å². The summed E-state index contributed by atoms with van der Waals surface area (Å²) >= 11 is 0. The van der Waals surface area contributed by atoms with Gasteiger partial charge < -0.3 is 14.7 Å². The van der Waals surface area contributed by atoms with Crippen molar-refractivity contribution in [1.29, 1.82) is 0 Å². The highest BCUT2D eigenvalue weighted by Gasteiger charge is 2.22. The van der Waals surface area contributed by atoms with Gasteiger partial charge in [-0.05, 0) is 50.8 Å². The molecule has 0 bridgehead atoms. The summed E-state index contributed by atoms with van der Waals surface area (Å²) in [5, 5.41) is 0. The van der Waals surface area contributed by atoms with E-state index < -0.39 is 0 Å². The van der Waals surface area contributed by atoms with E-state index in [0.717, 1.165) is 56.7 Å². The summed E-state index contributed by atoms with van der Waals surface area (Å²) < 4.78 is 0. The van der Waals surface area contributed by atoms with Crippen LogP contribution in [0.4, 0.5) is 17.5 Å². The number of aromatic nitrogens is 2. The molecule has 0 atom stereocenters. The Morgan fingerprint density at radius 2 is 1.39 bits per heavy atom. The highest BCUT2D eigenvalue weighted by Crippen LogP contribution is 2.26. The van der Waals surface area contributed by atoms with Crippen molar-refractivity contribution in [2.75, 3.05) is 54.0 Å². The molecule has 0 unspecified atom stereocenters. The summed E-state index contributed by atoms with van der Waals surface area (Å²) in [6.07, 6.45) is 5.16. The third-order valence-electron chi connectivity index (χ3n) is 6.24. The number of nitrogens with zero attached hydrogens (tertiary/aromatic N) is 5. The molecule has 0 radical (unpaired) electrons. The molecule has 0 saturated carbocycles. The molecule has 2 fully saturated rings. The van der Waals surface area contributed by atoms with E-state index in [1.54, 1.807) is 0 Å². The van der Waals surface area contributed by atoms with E-state index >= 15 is 0 Å². The fourth-order valence-electron chi connectivity index (χ4n) is 4.37. The number of anilines is 3. The first-order chi connectivity index (χ1) is 13.6. The Morgan fingerprint density at radius 1 is 0.714 bits per heavy atom. The van der Waals surface area contributed by atoms with Crippen molar-refractivity contribution in [3.8, 4) is 0 Å². The van der Waals surface area contributed by atoms with Crippen LogP contribution in [0, 0.1) is 20.8 Å². The van der Waals surface area contributed by atoms with Crippen LogP contribution in [0.15, 0.2) is 24.3 Å². The molecule has 1 aromatic heterocycles. The van der Waals surface area contributed by atoms with Gasteiger partial charge in [-0.1, -0.05) is 25.0 Å². The van der Waals surface area contributed by atoms with Gasteiger partial charge in [0.05, 0.1) is 0 Å².